The molecule has 0 saturated carbocycles. The van der Waals surface area contributed by atoms with E-state index >= 15 is 0 Å². The average Bonchev–Trinajstić information content (AvgIpc) is 2.88. The molecule has 0 bridgehead atoms. The number of hydrogen-bond acceptors (Lipinski definition) is 2. The lowest BCUT2D eigenvalue weighted by atomic mass is 9.88. The van der Waals surface area contributed by atoms with Gasteiger partial charge >= 0.3 is 0 Å². The van der Waals surface area contributed by atoms with E-state index in [2.05, 4.69) is 5.32 Å². The fourth-order valence-corrected chi connectivity index (χ4v) is 3.18. The third kappa shape index (κ3) is 2.81. The summed E-state index contributed by atoms with van der Waals surface area (Å²) in [6.45, 7) is 5.43. The largest absolute Gasteiger partial charge is 0.338 e. The van der Waals surface area contributed by atoms with Crippen molar-refractivity contribution in [3.63, 3.8) is 0 Å². The molecule has 3 nitrogen and oxygen atoms in total. The van der Waals surface area contributed by atoms with Crippen molar-refractivity contribution in [2.24, 2.45) is 11.8 Å². The minimum atomic E-state index is -0.254. The van der Waals surface area contributed by atoms with Gasteiger partial charge in [-0.2, -0.15) is 0 Å². The minimum Gasteiger partial charge on any atom is -0.338 e. The van der Waals surface area contributed by atoms with Crippen molar-refractivity contribution >= 4 is 18.3 Å². The summed E-state index contributed by atoms with van der Waals surface area (Å²) in [6.07, 6.45) is 1.07. The Kier molecular flexibility index (Phi) is 4.66. The van der Waals surface area contributed by atoms with E-state index in [1.54, 1.807) is 19.1 Å². The number of aryl methyl sites for hydroxylation is 1. The van der Waals surface area contributed by atoms with Crippen LogP contribution >= 0.6 is 12.4 Å². The summed E-state index contributed by atoms with van der Waals surface area (Å²) in [5.74, 6) is 1.09. The van der Waals surface area contributed by atoms with Crippen LogP contribution in [0.1, 0.15) is 22.3 Å². The molecule has 2 atom stereocenters. The Hall–Kier alpha value is -1.13. The normalized spacial score (nSPS) is 25.0. The maximum atomic E-state index is 13.2. The second-order valence-corrected chi connectivity index (χ2v) is 5.68. The third-order valence-corrected chi connectivity index (χ3v) is 4.40. The van der Waals surface area contributed by atoms with Gasteiger partial charge < -0.3 is 10.2 Å². The summed E-state index contributed by atoms with van der Waals surface area (Å²) >= 11 is 0. The first-order chi connectivity index (χ1) is 9.15. The molecule has 2 fully saturated rings. The number of piperidine rings is 1. The zero-order chi connectivity index (χ0) is 13.4. The molecule has 1 N–H and O–H groups in total. The first-order valence-corrected chi connectivity index (χ1v) is 6.91. The highest BCUT2D eigenvalue weighted by Crippen LogP contribution is 2.27. The van der Waals surface area contributed by atoms with Gasteiger partial charge in [-0.1, -0.05) is 0 Å². The molecule has 20 heavy (non-hydrogen) atoms. The first kappa shape index (κ1) is 15.3. The van der Waals surface area contributed by atoms with E-state index in [1.807, 2.05) is 4.90 Å². The van der Waals surface area contributed by atoms with Gasteiger partial charge in [-0.25, -0.2) is 4.39 Å². The molecule has 2 aliphatic rings. The predicted octanol–water partition coefficient (Wildman–Crippen LogP) is 2.24. The highest BCUT2D eigenvalue weighted by atomic mass is 35.5. The quantitative estimate of drug-likeness (QED) is 0.862. The molecule has 0 aromatic heterocycles. The Morgan fingerprint density at radius 3 is 2.85 bits per heavy atom. The van der Waals surface area contributed by atoms with Gasteiger partial charge in [0.15, 0.2) is 0 Å². The molecule has 2 aliphatic heterocycles. The number of amides is 1. The second kappa shape index (κ2) is 6.10. The fraction of sp³-hybridized carbons (Fsp3) is 0.533. The summed E-state index contributed by atoms with van der Waals surface area (Å²) < 4.78 is 13.2. The van der Waals surface area contributed by atoms with E-state index < -0.39 is 0 Å². The molecule has 2 unspecified atom stereocenters. The van der Waals surface area contributed by atoms with Crippen molar-refractivity contribution in [2.45, 2.75) is 13.3 Å². The first-order valence-electron chi connectivity index (χ1n) is 6.91. The van der Waals surface area contributed by atoms with Crippen LogP contribution in [-0.2, 0) is 0 Å². The molecule has 2 saturated heterocycles. The number of halogens is 2. The molecule has 0 aliphatic carbocycles. The SMILES string of the molecule is Cc1cc(C(=O)N2CCC3CNCC3C2)ccc1F.Cl. The van der Waals surface area contributed by atoms with Crippen LogP contribution in [0, 0.1) is 24.6 Å². The van der Waals surface area contributed by atoms with Crippen LogP contribution in [0.5, 0.6) is 0 Å². The molecule has 1 aromatic rings. The van der Waals surface area contributed by atoms with Gasteiger partial charge in [0.25, 0.3) is 5.91 Å². The monoisotopic (exact) mass is 298 g/mol. The van der Waals surface area contributed by atoms with Crippen molar-refractivity contribution in [1.29, 1.82) is 0 Å². The number of benzene rings is 1. The maximum Gasteiger partial charge on any atom is 0.253 e. The number of nitrogens with zero attached hydrogens (tertiary/aromatic N) is 1. The molecule has 2 heterocycles. The van der Waals surface area contributed by atoms with E-state index in [1.165, 1.54) is 6.07 Å². The topological polar surface area (TPSA) is 32.3 Å². The molecule has 0 spiro atoms. The summed E-state index contributed by atoms with van der Waals surface area (Å²) in [5.41, 5.74) is 1.13. The number of nitrogens with one attached hydrogen (secondary N) is 1. The Balaban J connectivity index is 0.00000147. The number of hydrogen-bond donors (Lipinski definition) is 1. The van der Waals surface area contributed by atoms with Crippen LogP contribution in [0.3, 0.4) is 0 Å². The van der Waals surface area contributed by atoms with Crippen molar-refractivity contribution < 1.29 is 9.18 Å². The highest BCUT2D eigenvalue weighted by Gasteiger charge is 2.34. The van der Waals surface area contributed by atoms with Crippen molar-refractivity contribution in [3.05, 3.63) is 35.1 Å². The van der Waals surface area contributed by atoms with Gasteiger partial charge in [0.05, 0.1) is 0 Å². The lowest BCUT2D eigenvalue weighted by Gasteiger charge is -2.34. The Morgan fingerprint density at radius 1 is 1.35 bits per heavy atom. The van der Waals surface area contributed by atoms with Crippen LogP contribution in [-0.4, -0.2) is 37.0 Å². The highest BCUT2D eigenvalue weighted by molar-refractivity contribution is 5.94. The van der Waals surface area contributed by atoms with Crippen LogP contribution in [0.25, 0.3) is 0 Å². The molecule has 0 radical (unpaired) electrons. The summed E-state index contributed by atoms with van der Waals surface area (Å²) in [4.78, 5) is 14.4. The molecule has 110 valence electrons. The molecule has 1 amide bonds. The Labute approximate surface area is 124 Å². The van der Waals surface area contributed by atoms with E-state index in [4.69, 9.17) is 0 Å². The lowest BCUT2D eigenvalue weighted by molar-refractivity contribution is 0.0642. The number of fused-ring (bicyclic) bond motifs is 1. The third-order valence-electron chi connectivity index (χ3n) is 4.40. The number of rotatable bonds is 1. The average molecular weight is 299 g/mol. The predicted molar refractivity (Wildman–Crippen MR) is 78.8 cm³/mol. The standard InChI is InChI=1S/C15H19FN2O.ClH/c1-10-6-11(2-3-14(10)16)15(19)18-5-4-12-7-17-8-13(12)9-18;/h2-3,6,12-13,17H,4-5,7-9H2,1H3;1H. The van der Waals surface area contributed by atoms with E-state index in [9.17, 15) is 9.18 Å². The van der Waals surface area contributed by atoms with Gasteiger partial charge in [0.1, 0.15) is 5.82 Å². The summed E-state index contributed by atoms with van der Waals surface area (Å²) in [7, 11) is 0. The van der Waals surface area contributed by atoms with Crippen LogP contribution in [0.2, 0.25) is 0 Å². The molecular formula is C15H20ClFN2O. The summed E-state index contributed by atoms with van der Waals surface area (Å²) in [5, 5.41) is 3.39. The number of likely N-dealkylation sites (tertiary alicyclic amines) is 1. The van der Waals surface area contributed by atoms with Crippen LogP contribution in [0.15, 0.2) is 18.2 Å². The molecule has 5 heteroatoms. The van der Waals surface area contributed by atoms with Gasteiger partial charge in [-0.05, 0) is 62.0 Å². The van der Waals surface area contributed by atoms with E-state index in [-0.39, 0.29) is 24.1 Å². The number of carbonyl (C=O) groups is 1. The van der Waals surface area contributed by atoms with Crippen LogP contribution in [0.4, 0.5) is 4.39 Å². The van der Waals surface area contributed by atoms with E-state index in [0.29, 0.717) is 17.0 Å². The zero-order valence-corrected chi connectivity index (χ0v) is 12.4. The molecule has 1 aromatic carbocycles. The Morgan fingerprint density at radius 2 is 2.10 bits per heavy atom. The van der Waals surface area contributed by atoms with Gasteiger partial charge in [-0.15, -0.1) is 12.4 Å². The molecular weight excluding hydrogens is 279 g/mol. The van der Waals surface area contributed by atoms with Crippen molar-refractivity contribution in [3.8, 4) is 0 Å². The number of carbonyl (C=O) groups excluding carboxylic acids is 1. The zero-order valence-electron chi connectivity index (χ0n) is 11.6. The van der Waals surface area contributed by atoms with Gasteiger partial charge in [0, 0.05) is 18.7 Å². The van der Waals surface area contributed by atoms with E-state index in [0.717, 1.165) is 38.5 Å². The minimum absolute atomic E-state index is 0. The second-order valence-electron chi connectivity index (χ2n) is 5.68. The lowest BCUT2D eigenvalue weighted by Crippen LogP contribution is -2.43. The van der Waals surface area contributed by atoms with Crippen molar-refractivity contribution in [1.82, 2.24) is 10.2 Å². The van der Waals surface area contributed by atoms with Crippen molar-refractivity contribution in [2.75, 3.05) is 26.2 Å². The molecule has 3 rings (SSSR count). The van der Waals surface area contributed by atoms with Gasteiger partial charge in [0.2, 0.25) is 0 Å². The smallest absolute Gasteiger partial charge is 0.253 e. The maximum absolute atomic E-state index is 13.2. The van der Waals surface area contributed by atoms with Gasteiger partial charge in [-0.3, -0.25) is 4.79 Å². The summed E-state index contributed by atoms with van der Waals surface area (Å²) in [6, 6.07) is 4.62. The fourth-order valence-electron chi connectivity index (χ4n) is 3.18. The van der Waals surface area contributed by atoms with Crippen LogP contribution < -0.4 is 5.32 Å². The Bertz CT molecular complexity index is 509.